The summed E-state index contributed by atoms with van der Waals surface area (Å²) in [5.41, 5.74) is 7.94. The predicted octanol–water partition coefficient (Wildman–Crippen LogP) is 2.24. The van der Waals surface area contributed by atoms with Gasteiger partial charge in [0.1, 0.15) is 5.75 Å². The zero-order valence-corrected chi connectivity index (χ0v) is 10.7. The number of ether oxygens (including phenoxy) is 1. The number of anilines is 1. The van der Waals surface area contributed by atoms with Gasteiger partial charge < -0.3 is 10.5 Å². The van der Waals surface area contributed by atoms with E-state index in [-0.39, 0.29) is 0 Å². The summed E-state index contributed by atoms with van der Waals surface area (Å²) in [6.07, 6.45) is 6.71. The van der Waals surface area contributed by atoms with Crippen LogP contribution in [0.1, 0.15) is 17.5 Å². The van der Waals surface area contributed by atoms with Gasteiger partial charge in [-0.25, -0.2) is 9.97 Å². The van der Waals surface area contributed by atoms with Crippen molar-refractivity contribution >= 4 is 5.95 Å². The molecule has 1 aliphatic heterocycles. The molecule has 2 N–H and O–H groups in total. The molecule has 0 saturated heterocycles. The molecule has 0 radical (unpaired) electrons. The fraction of sp³-hybridized carbons (Fsp3) is 0.333. The Morgan fingerprint density at radius 2 is 2.00 bits per heavy atom. The fourth-order valence-corrected chi connectivity index (χ4v) is 2.54. The van der Waals surface area contributed by atoms with E-state index in [1.807, 2.05) is 24.5 Å². The van der Waals surface area contributed by atoms with Gasteiger partial charge in [-0.1, -0.05) is 18.2 Å². The Balaban J connectivity index is 1.74. The van der Waals surface area contributed by atoms with Crippen LogP contribution in [0.2, 0.25) is 0 Å². The van der Waals surface area contributed by atoms with Gasteiger partial charge in [-0.05, 0) is 42.4 Å². The molecule has 0 spiro atoms. The molecule has 1 atom stereocenters. The highest BCUT2D eigenvalue weighted by Crippen LogP contribution is 2.28. The summed E-state index contributed by atoms with van der Waals surface area (Å²) >= 11 is 0. The number of nitrogen functional groups attached to an aromatic ring is 1. The average molecular weight is 255 g/mol. The van der Waals surface area contributed by atoms with Crippen molar-refractivity contribution in [3.8, 4) is 5.75 Å². The third kappa shape index (κ3) is 2.84. The summed E-state index contributed by atoms with van der Waals surface area (Å²) in [6.45, 7) is 0.775. The van der Waals surface area contributed by atoms with Crippen LogP contribution in [0.5, 0.6) is 5.75 Å². The van der Waals surface area contributed by atoms with Crippen LogP contribution in [0.3, 0.4) is 0 Å². The minimum Gasteiger partial charge on any atom is -0.493 e. The SMILES string of the molecule is Nc1ncc(CC2CCOc3ccccc3C2)cn1. The molecular formula is C15H17N3O. The molecule has 98 valence electrons. The molecule has 19 heavy (non-hydrogen) atoms. The lowest BCUT2D eigenvalue weighted by Crippen LogP contribution is -2.10. The smallest absolute Gasteiger partial charge is 0.219 e. The molecule has 2 heterocycles. The Labute approximate surface area is 112 Å². The maximum absolute atomic E-state index is 5.78. The van der Waals surface area contributed by atoms with Gasteiger partial charge in [0, 0.05) is 12.4 Å². The Morgan fingerprint density at radius 1 is 1.21 bits per heavy atom. The molecule has 0 amide bonds. The topological polar surface area (TPSA) is 61.0 Å². The largest absolute Gasteiger partial charge is 0.493 e. The second-order valence-corrected chi connectivity index (χ2v) is 4.97. The lowest BCUT2D eigenvalue weighted by atomic mass is 9.91. The van der Waals surface area contributed by atoms with E-state index >= 15 is 0 Å². The Morgan fingerprint density at radius 3 is 2.84 bits per heavy atom. The second kappa shape index (κ2) is 5.26. The molecule has 1 aromatic carbocycles. The number of fused-ring (bicyclic) bond motifs is 1. The Kier molecular flexibility index (Phi) is 3.31. The normalized spacial score (nSPS) is 18.2. The van der Waals surface area contributed by atoms with Crippen LogP contribution in [0.15, 0.2) is 36.7 Å². The Hall–Kier alpha value is -2.10. The summed E-state index contributed by atoms with van der Waals surface area (Å²) < 4.78 is 5.78. The molecule has 2 aromatic rings. The zero-order valence-electron chi connectivity index (χ0n) is 10.7. The van der Waals surface area contributed by atoms with Gasteiger partial charge in [-0.3, -0.25) is 0 Å². The molecule has 4 heteroatoms. The van der Waals surface area contributed by atoms with E-state index < -0.39 is 0 Å². The quantitative estimate of drug-likeness (QED) is 0.894. The first-order chi connectivity index (χ1) is 9.31. The van der Waals surface area contributed by atoms with Crippen LogP contribution in [-0.4, -0.2) is 16.6 Å². The molecule has 0 aliphatic carbocycles. The number of hydrogen-bond donors (Lipinski definition) is 1. The van der Waals surface area contributed by atoms with Crippen LogP contribution in [0.4, 0.5) is 5.95 Å². The van der Waals surface area contributed by atoms with Crippen molar-refractivity contribution in [2.45, 2.75) is 19.3 Å². The fourth-order valence-electron chi connectivity index (χ4n) is 2.54. The van der Waals surface area contributed by atoms with Gasteiger partial charge >= 0.3 is 0 Å². The van der Waals surface area contributed by atoms with E-state index in [2.05, 4.69) is 22.1 Å². The second-order valence-electron chi connectivity index (χ2n) is 4.97. The van der Waals surface area contributed by atoms with Gasteiger partial charge in [-0.2, -0.15) is 0 Å². The average Bonchev–Trinajstić information content (AvgIpc) is 2.63. The van der Waals surface area contributed by atoms with E-state index in [0.29, 0.717) is 11.9 Å². The van der Waals surface area contributed by atoms with Crippen LogP contribution < -0.4 is 10.5 Å². The summed E-state index contributed by atoms with van der Waals surface area (Å²) in [5.74, 6) is 1.92. The minimum absolute atomic E-state index is 0.332. The molecule has 1 unspecified atom stereocenters. The van der Waals surface area contributed by atoms with E-state index in [9.17, 15) is 0 Å². The van der Waals surface area contributed by atoms with Crippen LogP contribution in [0.25, 0.3) is 0 Å². The summed E-state index contributed by atoms with van der Waals surface area (Å²) in [6, 6.07) is 8.28. The van der Waals surface area contributed by atoms with Crippen LogP contribution in [0, 0.1) is 5.92 Å². The molecule has 1 aromatic heterocycles. The van der Waals surface area contributed by atoms with Crippen LogP contribution in [-0.2, 0) is 12.8 Å². The van der Waals surface area contributed by atoms with Gasteiger partial charge in [0.2, 0.25) is 5.95 Å². The maximum Gasteiger partial charge on any atom is 0.219 e. The summed E-state index contributed by atoms with van der Waals surface area (Å²) in [7, 11) is 0. The highest BCUT2D eigenvalue weighted by atomic mass is 16.5. The van der Waals surface area contributed by atoms with E-state index in [4.69, 9.17) is 10.5 Å². The van der Waals surface area contributed by atoms with E-state index in [1.165, 1.54) is 5.56 Å². The Bertz CT molecular complexity index is 554. The number of benzene rings is 1. The van der Waals surface area contributed by atoms with E-state index in [0.717, 1.165) is 37.2 Å². The van der Waals surface area contributed by atoms with Gasteiger partial charge in [-0.15, -0.1) is 0 Å². The standard InChI is InChI=1S/C15H17N3O/c16-15-17-9-12(10-18-15)7-11-5-6-19-14-4-2-1-3-13(14)8-11/h1-4,9-11H,5-8H2,(H2,16,17,18). The van der Waals surface area contributed by atoms with Crippen molar-refractivity contribution in [2.24, 2.45) is 5.92 Å². The molecule has 3 rings (SSSR count). The predicted molar refractivity (Wildman–Crippen MR) is 73.9 cm³/mol. The number of rotatable bonds is 2. The van der Waals surface area contributed by atoms with Crippen molar-refractivity contribution in [1.82, 2.24) is 9.97 Å². The number of para-hydroxylation sites is 1. The van der Waals surface area contributed by atoms with Crippen molar-refractivity contribution in [1.29, 1.82) is 0 Å². The molecule has 0 saturated carbocycles. The van der Waals surface area contributed by atoms with Gasteiger partial charge in [0.25, 0.3) is 0 Å². The lowest BCUT2D eigenvalue weighted by molar-refractivity contribution is 0.294. The zero-order chi connectivity index (χ0) is 13.1. The lowest BCUT2D eigenvalue weighted by Gasteiger charge is -2.13. The van der Waals surface area contributed by atoms with E-state index in [1.54, 1.807) is 0 Å². The highest BCUT2D eigenvalue weighted by molar-refractivity contribution is 5.34. The van der Waals surface area contributed by atoms with Crippen molar-refractivity contribution in [3.63, 3.8) is 0 Å². The molecule has 1 aliphatic rings. The van der Waals surface area contributed by atoms with Crippen LogP contribution >= 0.6 is 0 Å². The van der Waals surface area contributed by atoms with Gasteiger partial charge in [0.05, 0.1) is 6.61 Å². The molecule has 0 bridgehead atoms. The third-order valence-corrected chi connectivity index (χ3v) is 3.51. The number of nitrogens with two attached hydrogens (primary N) is 1. The first-order valence-electron chi connectivity index (χ1n) is 6.58. The summed E-state index contributed by atoms with van der Waals surface area (Å²) in [4.78, 5) is 8.10. The van der Waals surface area contributed by atoms with Gasteiger partial charge in [0.15, 0.2) is 0 Å². The van der Waals surface area contributed by atoms with Crippen molar-refractivity contribution < 1.29 is 4.74 Å². The monoisotopic (exact) mass is 255 g/mol. The molecular weight excluding hydrogens is 238 g/mol. The third-order valence-electron chi connectivity index (χ3n) is 3.51. The minimum atomic E-state index is 0.332. The molecule has 4 nitrogen and oxygen atoms in total. The first-order valence-corrected chi connectivity index (χ1v) is 6.58. The first kappa shape index (κ1) is 12.0. The maximum atomic E-state index is 5.78. The number of hydrogen-bond acceptors (Lipinski definition) is 4. The number of aromatic nitrogens is 2. The highest BCUT2D eigenvalue weighted by Gasteiger charge is 2.17. The van der Waals surface area contributed by atoms with Crippen molar-refractivity contribution in [3.05, 3.63) is 47.8 Å². The van der Waals surface area contributed by atoms with Crippen molar-refractivity contribution in [2.75, 3.05) is 12.3 Å². The number of nitrogens with zero attached hydrogens (tertiary/aromatic N) is 2. The molecule has 0 fully saturated rings. The summed E-state index contributed by atoms with van der Waals surface area (Å²) in [5, 5.41) is 0.